The monoisotopic (exact) mass is 355 g/mol. The maximum atomic E-state index is 4.27. The van der Waals surface area contributed by atoms with Gasteiger partial charge in [0.2, 0.25) is 0 Å². The quantitative estimate of drug-likeness (QED) is 0.685. The van der Waals surface area contributed by atoms with E-state index in [0.717, 1.165) is 18.3 Å². The Morgan fingerprint density at radius 3 is 2.26 bits per heavy atom. The fourth-order valence-electron chi connectivity index (χ4n) is 6.75. The molecule has 0 spiro atoms. The van der Waals surface area contributed by atoms with Crippen LogP contribution in [-0.2, 0) is 16.5 Å². The van der Waals surface area contributed by atoms with Crippen LogP contribution in [-0.4, -0.2) is 0 Å². The SMILES string of the molecule is C=CC[C@@]12C[C@@H]1C[C@]1(CC3CC3)N[C@@](C)(c3ccccc31)c1ccccc12. The summed E-state index contributed by atoms with van der Waals surface area (Å²) in [6.07, 6.45) is 10.0. The molecule has 4 atom stereocenters. The van der Waals surface area contributed by atoms with E-state index >= 15 is 0 Å². The van der Waals surface area contributed by atoms with Crippen molar-refractivity contribution in [1.82, 2.24) is 5.32 Å². The first kappa shape index (κ1) is 16.1. The van der Waals surface area contributed by atoms with Gasteiger partial charge in [-0.15, -0.1) is 6.58 Å². The molecule has 2 aromatic carbocycles. The fourth-order valence-corrected chi connectivity index (χ4v) is 6.75. The highest BCUT2D eigenvalue weighted by Crippen LogP contribution is 2.67. The van der Waals surface area contributed by atoms with Gasteiger partial charge in [-0.2, -0.15) is 0 Å². The van der Waals surface area contributed by atoms with Crippen LogP contribution < -0.4 is 5.32 Å². The fraction of sp³-hybridized carbons (Fsp3) is 0.462. The molecule has 1 N–H and O–H groups in total. The second-order valence-corrected chi connectivity index (χ2v) is 9.82. The first-order chi connectivity index (χ1) is 13.1. The largest absolute Gasteiger partial charge is 0.294 e. The molecule has 2 heterocycles. The summed E-state index contributed by atoms with van der Waals surface area (Å²) >= 11 is 0. The topological polar surface area (TPSA) is 12.0 Å². The molecule has 0 saturated heterocycles. The Labute approximate surface area is 162 Å². The van der Waals surface area contributed by atoms with Crippen LogP contribution in [0.1, 0.15) is 67.7 Å². The van der Waals surface area contributed by atoms with Gasteiger partial charge in [0.15, 0.2) is 0 Å². The van der Waals surface area contributed by atoms with Gasteiger partial charge in [0.05, 0.1) is 5.54 Å². The lowest BCUT2D eigenvalue weighted by Gasteiger charge is -2.40. The van der Waals surface area contributed by atoms with Crippen LogP contribution in [0, 0.1) is 11.8 Å². The summed E-state index contributed by atoms with van der Waals surface area (Å²) in [5.74, 6) is 1.67. The van der Waals surface area contributed by atoms with Crippen molar-refractivity contribution < 1.29 is 0 Å². The predicted molar refractivity (Wildman–Crippen MR) is 111 cm³/mol. The zero-order valence-corrected chi connectivity index (χ0v) is 16.3. The first-order valence-electron chi connectivity index (χ1n) is 10.7. The summed E-state index contributed by atoms with van der Waals surface area (Å²) in [6, 6.07) is 18.5. The molecule has 1 nitrogen and oxygen atoms in total. The molecule has 0 unspecified atom stereocenters. The lowest BCUT2D eigenvalue weighted by molar-refractivity contribution is 0.218. The van der Waals surface area contributed by atoms with Gasteiger partial charge >= 0.3 is 0 Å². The second-order valence-electron chi connectivity index (χ2n) is 9.82. The third kappa shape index (κ3) is 2.04. The maximum Gasteiger partial charge on any atom is 0.0675 e. The van der Waals surface area contributed by atoms with Gasteiger partial charge in [0.1, 0.15) is 0 Å². The number of hydrogen-bond acceptors (Lipinski definition) is 1. The van der Waals surface area contributed by atoms with Gasteiger partial charge in [0.25, 0.3) is 0 Å². The third-order valence-corrected chi connectivity index (χ3v) is 8.14. The Morgan fingerprint density at radius 2 is 1.59 bits per heavy atom. The molecule has 27 heavy (non-hydrogen) atoms. The Balaban J connectivity index is 1.62. The van der Waals surface area contributed by atoms with Crippen molar-refractivity contribution in [3.05, 3.63) is 83.4 Å². The molecule has 2 aliphatic carbocycles. The van der Waals surface area contributed by atoms with E-state index in [9.17, 15) is 0 Å². The number of benzene rings is 2. The lowest BCUT2D eigenvalue weighted by atomic mass is 9.75. The Kier molecular flexibility index (Phi) is 3.07. The van der Waals surface area contributed by atoms with Crippen molar-refractivity contribution in [3.8, 4) is 0 Å². The van der Waals surface area contributed by atoms with Crippen LogP contribution in [0.5, 0.6) is 0 Å². The zero-order valence-electron chi connectivity index (χ0n) is 16.3. The predicted octanol–water partition coefficient (Wildman–Crippen LogP) is 5.79. The third-order valence-electron chi connectivity index (χ3n) is 8.14. The highest BCUT2D eigenvalue weighted by molar-refractivity contribution is 5.57. The molecule has 4 aliphatic rings. The molecule has 138 valence electrons. The summed E-state index contributed by atoms with van der Waals surface area (Å²) in [5, 5.41) is 4.27. The van der Waals surface area contributed by atoms with Crippen molar-refractivity contribution in [2.45, 2.75) is 61.9 Å². The average Bonchev–Trinajstić information content (AvgIpc) is 3.59. The van der Waals surface area contributed by atoms with Gasteiger partial charge in [-0.25, -0.2) is 0 Å². The van der Waals surface area contributed by atoms with Crippen LogP contribution in [0.4, 0.5) is 0 Å². The van der Waals surface area contributed by atoms with Gasteiger partial charge in [-0.1, -0.05) is 67.4 Å². The summed E-state index contributed by atoms with van der Waals surface area (Å²) in [5.41, 5.74) is 6.53. The molecular weight excluding hydrogens is 326 g/mol. The molecule has 2 fully saturated rings. The smallest absolute Gasteiger partial charge is 0.0675 e. The van der Waals surface area contributed by atoms with Crippen molar-refractivity contribution in [3.63, 3.8) is 0 Å². The molecular formula is C26H29N. The standard InChI is InChI=1S/C26H29N/c1-3-14-25-16-19(25)17-26(15-18-12-13-18)23-11-7-5-9-21(23)24(2,27-26)20-8-4-6-10-22(20)25/h3-11,18-19,27H,1,12-17H2,2H3/t19-,24-,25-,26+/m1/s1. The van der Waals surface area contributed by atoms with E-state index in [-0.39, 0.29) is 11.1 Å². The summed E-state index contributed by atoms with van der Waals surface area (Å²) in [4.78, 5) is 0. The number of fused-ring (bicyclic) bond motifs is 9. The minimum atomic E-state index is -0.0934. The summed E-state index contributed by atoms with van der Waals surface area (Å²) < 4.78 is 0. The van der Waals surface area contributed by atoms with Crippen molar-refractivity contribution in [2.75, 3.05) is 0 Å². The zero-order chi connectivity index (χ0) is 18.3. The van der Waals surface area contributed by atoms with Gasteiger partial charge in [0, 0.05) is 11.0 Å². The number of nitrogens with one attached hydrogen (secondary N) is 1. The van der Waals surface area contributed by atoms with Crippen molar-refractivity contribution in [1.29, 1.82) is 0 Å². The minimum absolute atomic E-state index is 0.0934. The van der Waals surface area contributed by atoms with Gasteiger partial charge in [-0.05, 0) is 66.7 Å². The first-order valence-corrected chi connectivity index (χ1v) is 10.7. The van der Waals surface area contributed by atoms with Crippen LogP contribution in [0.2, 0.25) is 0 Å². The van der Waals surface area contributed by atoms with Crippen LogP contribution in [0.3, 0.4) is 0 Å². The molecule has 1 heteroatoms. The molecule has 2 bridgehead atoms. The van der Waals surface area contributed by atoms with E-state index in [0.29, 0.717) is 5.41 Å². The van der Waals surface area contributed by atoms with E-state index in [1.54, 1.807) is 11.1 Å². The van der Waals surface area contributed by atoms with E-state index in [4.69, 9.17) is 0 Å². The van der Waals surface area contributed by atoms with E-state index < -0.39 is 0 Å². The average molecular weight is 356 g/mol. The molecule has 2 aliphatic heterocycles. The Bertz CT molecular complexity index is 941. The van der Waals surface area contributed by atoms with Crippen LogP contribution in [0.25, 0.3) is 0 Å². The van der Waals surface area contributed by atoms with E-state index in [2.05, 4.69) is 73.4 Å². The molecule has 2 aromatic rings. The number of hydrogen-bond donors (Lipinski definition) is 1. The highest BCUT2D eigenvalue weighted by Gasteiger charge is 2.63. The van der Waals surface area contributed by atoms with E-state index in [1.165, 1.54) is 43.2 Å². The second kappa shape index (κ2) is 5.14. The van der Waals surface area contributed by atoms with Crippen molar-refractivity contribution >= 4 is 0 Å². The van der Waals surface area contributed by atoms with Crippen LogP contribution >= 0.6 is 0 Å². The van der Waals surface area contributed by atoms with Gasteiger partial charge < -0.3 is 0 Å². The normalized spacial score (nSPS) is 38.2. The molecule has 0 radical (unpaired) electrons. The highest BCUT2D eigenvalue weighted by atomic mass is 15.1. The number of allylic oxidation sites excluding steroid dienone is 1. The Hall–Kier alpha value is -1.86. The lowest BCUT2D eigenvalue weighted by Crippen LogP contribution is -2.49. The molecule has 0 aromatic heterocycles. The minimum Gasteiger partial charge on any atom is -0.294 e. The molecule has 6 rings (SSSR count). The Morgan fingerprint density at radius 1 is 0.963 bits per heavy atom. The van der Waals surface area contributed by atoms with Crippen LogP contribution in [0.15, 0.2) is 61.2 Å². The van der Waals surface area contributed by atoms with E-state index in [1.807, 2.05) is 0 Å². The molecule has 0 amide bonds. The van der Waals surface area contributed by atoms with Gasteiger partial charge in [-0.3, -0.25) is 5.32 Å². The number of rotatable bonds is 4. The maximum absolute atomic E-state index is 4.27. The summed E-state index contributed by atoms with van der Waals surface area (Å²) in [6.45, 7) is 6.56. The molecule has 2 saturated carbocycles. The summed E-state index contributed by atoms with van der Waals surface area (Å²) in [7, 11) is 0. The van der Waals surface area contributed by atoms with Crippen molar-refractivity contribution in [2.24, 2.45) is 11.8 Å².